The molecule has 1 aromatic rings. The molecule has 94 valence electrons. The molecule has 1 fully saturated rings. The topological polar surface area (TPSA) is 9.23 Å². The predicted molar refractivity (Wildman–Crippen MR) is 73.2 cm³/mol. The first-order valence-corrected chi connectivity index (χ1v) is 6.86. The number of ether oxygens (including phenoxy) is 1. The summed E-state index contributed by atoms with van der Waals surface area (Å²) in [5, 5.41) is 0.672. The Morgan fingerprint density at radius 1 is 1.29 bits per heavy atom. The van der Waals surface area contributed by atoms with E-state index >= 15 is 0 Å². The zero-order chi connectivity index (χ0) is 12.5. The highest BCUT2D eigenvalue weighted by molar-refractivity contribution is 6.32. The summed E-state index contributed by atoms with van der Waals surface area (Å²) < 4.78 is 5.16. The quantitative estimate of drug-likeness (QED) is 0.687. The third kappa shape index (κ3) is 2.56. The minimum atomic E-state index is 0.0356. The summed E-state index contributed by atoms with van der Waals surface area (Å²) in [7, 11) is 1.62. The van der Waals surface area contributed by atoms with Gasteiger partial charge in [-0.15, -0.1) is 11.6 Å². The van der Waals surface area contributed by atoms with E-state index in [2.05, 4.69) is 6.92 Å². The Balaban J connectivity index is 2.25. The van der Waals surface area contributed by atoms with Gasteiger partial charge in [-0.3, -0.25) is 0 Å². The highest BCUT2D eigenvalue weighted by Crippen LogP contribution is 2.51. The highest BCUT2D eigenvalue weighted by atomic mass is 35.5. The molecular weight excluding hydrogens is 255 g/mol. The normalized spacial score (nSPS) is 20.2. The minimum absolute atomic E-state index is 0.0356. The number of hydrogen-bond donors (Lipinski definition) is 0. The fourth-order valence-electron chi connectivity index (χ4n) is 2.68. The zero-order valence-electron chi connectivity index (χ0n) is 10.3. The molecule has 1 unspecified atom stereocenters. The Labute approximate surface area is 113 Å². The van der Waals surface area contributed by atoms with Gasteiger partial charge in [0.15, 0.2) is 0 Å². The van der Waals surface area contributed by atoms with Crippen LogP contribution in [0.25, 0.3) is 0 Å². The lowest BCUT2D eigenvalue weighted by Gasteiger charge is -2.30. The molecule has 1 atom stereocenters. The molecule has 17 heavy (non-hydrogen) atoms. The minimum Gasteiger partial charge on any atom is -0.495 e. The number of benzene rings is 1. The van der Waals surface area contributed by atoms with Gasteiger partial charge < -0.3 is 4.74 Å². The summed E-state index contributed by atoms with van der Waals surface area (Å²) in [5.74, 6) is 0.704. The first kappa shape index (κ1) is 13.0. The summed E-state index contributed by atoms with van der Waals surface area (Å²) in [5.41, 5.74) is 1.31. The van der Waals surface area contributed by atoms with Crippen LogP contribution in [0.2, 0.25) is 5.02 Å². The number of halogens is 2. The number of alkyl halides is 1. The van der Waals surface area contributed by atoms with Crippen molar-refractivity contribution in [3.63, 3.8) is 0 Å². The molecule has 1 aliphatic rings. The van der Waals surface area contributed by atoms with Gasteiger partial charge in [-0.2, -0.15) is 0 Å². The smallest absolute Gasteiger partial charge is 0.137 e. The first-order valence-electron chi connectivity index (χ1n) is 6.04. The molecule has 0 aliphatic heterocycles. The van der Waals surface area contributed by atoms with Gasteiger partial charge in [0.25, 0.3) is 0 Å². The molecule has 0 saturated heterocycles. The number of methoxy groups -OCH3 is 1. The Morgan fingerprint density at radius 3 is 2.47 bits per heavy atom. The summed E-state index contributed by atoms with van der Waals surface area (Å²) in [6.45, 7) is 2.27. The lowest BCUT2D eigenvalue weighted by atomic mass is 9.81. The van der Waals surface area contributed by atoms with Crippen LogP contribution in [0.15, 0.2) is 18.2 Å². The van der Waals surface area contributed by atoms with Crippen LogP contribution >= 0.6 is 23.2 Å². The van der Waals surface area contributed by atoms with Crippen molar-refractivity contribution in [3.8, 4) is 5.75 Å². The maximum absolute atomic E-state index is 6.62. The van der Waals surface area contributed by atoms with Crippen LogP contribution < -0.4 is 4.74 Å². The molecule has 2 rings (SSSR count). The monoisotopic (exact) mass is 272 g/mol. The van der Waals surface area contributed by atoms with Crippen molar-refractivity contribution in [2.24, 2.45) is 5.41 Å². The van der Waals surface area contributed by atoms with Crippen molar-refractivity contribution in [1.82, 2.24) is 0 Å². The van der Waals surface area contributed by atoms with Crippen LogP contribution in [0.1, 0.15) is 43.5 Å². The van der Waals surface area contributed by atoms with Gasteiger partial charge in [0, 0.05) is 0 Å². The molecule has 0 heterocycles. The van der Waals surface area contributed by atoms with Crippen LogP contribution in [0.4, 0.5) is 0 Å². The largest absolute Gasteiger partial charge is 0.495 e. The van der Waals surface area contributed by atoms with E-state index in [4.69, 9.17) is 27.9 Å². The Bertz CT molecular complexity index is 397. The van der Waals surface area contributed by atoms with Gasteiger partial charge in [-0.05, 0) is 36.0 Å². The average Bonchev–Trinajstić information content (AvgIpc) is 2.76. The van der Waals surface area contributed by atoms with Crippen molar-refractivity contribution in [2.75, 3.05) is 7.11 Å². The van der Waals surface area contributed by atoms with Crippen LogP contribution in [0.5, 0.6) is 5.75 Å². The molecule has 1 aliphatic carbocycles. The first-order chi connectivity index (χ1) is 8.07. The lowest BCUT2D eigenvalue weighted by molar-refractivity contribution is 0.321. The van der Waals surface area contributed by atoms with Crippen molar-refractivity contribution in [2.45, 2.75) is 38.0 Å². The van der Waals surface area contributed by atoms with E-state index in [-0.39, 0.29) is 10.8 Å². The number of hydrogen-bond acceptors (Lipinski definition) is 1. The summed E-state index contributed by atoms with van der Waals surface area (Å²) in [6, 6.07) is 5.85. The van der Waals surface area contributed by atoms with Crippen LogP contribution in [-0.4, -0.2) is 7.11 Å². The summed E-state index contributed by atoms with van der Waals surface area (Å²) in [4.78, 5) is 0. The molecule has 0 aromatic heterocycles. The maximum atomic E-state index is 6.62. The van der Waals surface area contributed by atoms with Crippen LogP contribution in [-0.2, 0) is 0 Å². The fourth-order valence-corrected chi connectivity index (χ4v) is 3.30. The highest BCUT2D eigenvalue weighted by Gasteiger charge is 2.36. The summed E-state index contributed by atoms with van der Waals surface area (Å²) in [6.07, 6.45) is 4.96. The van der Waals surface area contributed by atoms with Crippen molar-refractivity contribution < 1.29 is 4.74 Å². The van der Waals surface area contributed by atoms with E-state index in [0.29, 0.717) is 10.8 Å². The van der Waals surface area contributed by atoms with E-state index in [1.807, 2.05) is 18.2 Å². The maximum Gasteiger partial charge on any atom is 0.137 e. The van der Waals surface area contributed by atoms with E-state index in [1.54, 1.807) is 7.11 Å². The summed E-state index contributed by atoms with van der Waals surface area (Å²) >= 11 is 12.8. The third-order valence-electron chi connectivity index (χ3n) is 3.83. The zero-order valence-corrected chi connectivity index (χ0v) is 11.8. The molecular formula is C14H18Cl2O. The van der Waals surface area contributed by atoms with E-state index in [1.165, 1.54) is 25.7 Å². The lowest BCUT2D eigenvalue weighted by Crippen LogP contribution is -2.18. The van der Waals surface area contributed by atoms with Gasteiger partial charge in [-0.1, -0.05) is 37.4 Å². The van der Waals surface area contributed by atoms with Gasteiger partial charge in [-0.25, -0.2) is 0 Å². The van der Waals surface area contributed by atoms with Gasteiger partial charge in [0.2, 0.25) is 0 Å². The van der Waals surface area contributed by atoms with Crippen molar-refractivity contribution in [3.05, 3.63) is 28.8 Å². The van der Waals surface area contributed by atoms with Crippen molar-refractivity contribution in [1.29, 1.82) is 0 Å². The fraction of sp³-hybridized carbons (Fsp3) is 0.571. The van der Waals surface area contributed by atoms with E-state index < -0.39 is 0 Å². The Hall–Kier alpha value is -0.400. The molecule has 3 heteroatoms. The average molecular weight is 273 g/mol. The molecule has 0 bridgehead atoms. The standard InChI is InChI=1S/C14H18Cl2O/c1-14(7-3-4-8-14)13(16)10-5-6-12(17-2)11(15)9-10/h5-6,9,13H,3-4,7-8H2,1-2H3. The SMILES string of the molecule is COc1ccc(C(Cl)C2(C)CCCC2)cc1Cl. The Kier molecular flexibility index (Phi) is 3.89. The molecule has 0 N–H and O–H groups in total. The van der Waals surface area contributed by atoms with Crippen molar-refractivity contribution >= 4 is 23.2 Å². The predicted octanol–water partition coefficient (Wildman–Crippen LogP) is 5.21. The van der Waals surface area contributed by atoms with Gasteiger partial charge in [0.1, 0.15) is 5.75 Å². The molecule has 0 amide bonds. The van der Waals surface area contributed by atoms with Gasteiger partial charge in [0.05, 0.1) is 17.5 Å². The van der Waals surface area contributed by atoms with E-state index in [9.17, 15) is 0 Å². The second-order valence-electron chi connectivity index (χ2n) is 5.12. The van der Waals surface area contributed by atoms with Crippen LogP contribution in [0, 0.1) is 5.41 Å². The Morgan fingerprint density at radius 2 is 1.94 bits per heavy atom. The van der Waals surface area contributed by atoms with Gasteiger partial charge >= 0.3 is 0 Å². The van der Waals surface area contributed by atoms with Crippen LogP contribution in [0.3, 0.4) is 0 Å². The third-order valence-corrected chi connectivity index (χ3v) is 4.90. The second kappa shape index (κ2) is 5.07. The number of rotatable bonds is 3. The molecule has 0 radical (unpaired) electrons. The second-order valence-corrected chi connectivity index (χ2v) is 5.96. The molecule has 0 spiro atoms. The molecule has 1 saturated carbocycles. The molecule has 1 aromatic carbocycles. The molecule has 1 nitrogen and oxygen atoms in total. The van der Waals surface area contributed by atoms with E-state index in [0.717, 1.165) is 5.56 Å².